The summed E-state index contributed by atoms with van der Waals surface area (Å²) in [6.07, 6.45) is 6.81. The molecule has 5 heteroatoms. The van der Waals surface area contributed by atoms with Crippen LogP contribution in [0, 0.1) is 0 Å². The van der Waals surface area contributed by atoms with E-state index in [0.717, 1.165) is 31.6 Å². The van der Waals surface area contributed by atoms with Crippen molar-refractivity contribution < 1.29 is 0 Å². The van der Waals surface area contributed by atoms with Crippen molar-refractivity contribution in [2.24, 2.45) is 0 Å². The van der Waals surface area contributed by atoms with E-state index in [1.165, 1.54) is 19.3 Å². The summed E-state index contributed by atoms with van der Waals surface area (Å²) in [6.45, 7) is 1.10. The SMILES string of the molecule is O=c1[nH]c(CC2CCCCN2)nn1C1CC1. The molecule has 2 fully saturated rings. The average Bonchev–Trinajstić information content (AvgIpc) is 3.06. The summed E-state index contributed by atoms with van der Waals surface area (Å²) in [4.78, 5) is 14.5. The average molecular weight is 222 g/mol. The van der Waals surface area contributed by atoms with Gasteiger partial charge in [0.15, 0.2) is 0 Å². The maximum Gasteiger partial charge on any atom is 0.343 e. The molecule has 1 aliphatic carbocycles. The Morgan fingerprint density at radius 2 is 2.19 bits per heavy atom. The third-order valence-electron chi connectivity index (χ3n) is 3.43. The van der Waals surface area contributed by atoms with Gasteiger partial charge >= 0.3 is 5.69 Å². The molecule has 0 amide bonds. The van der Waals surface area contributed by atoms with E-state index in [1.807, 2.05) is 0 Å². The molecule has 3 rings (SSSR count). The van der Waals surface area contributed by atoms with Crippen molar-refractivity contribution in [3.8, 4) is 0 Å². The Morgan fingerprint density at radius 1 is 1.31 bits per heavy atom. The summed E-state index contributed by atoms with van der Waals surface area (Å²) < 4.78 is 1.62. The molecule has 0 aromatic carbocycles. The largest absolute Gasteiger partial charge is 0.343 e. The number of nitrogens with one attached hydrogen (secondary N) is 2. The van der Waals surface area contributed by atoms with Crippen LogP contribution in [0.15, 0.2) is 4.79 Å². The monoisotopic (exact) mass is 222 g/mol. The van der Waals surface area contributed by atoms with Crippen LogP contribution < -0.4 is 11.0 Å². The third-order valence-corrected chi connectivity index (χ3v) is 3.43. The molecule has 1 saturated carbocycles. The second-order valence-electron chi connectivity index (χ2n) is 4.90. The minimum atomic E-state index is -0.0340. The van der Waals surface area contributed by atoms with E-state index in [0.29, 0.717) is 12.1 Å². The van der Waals surface area contributed by atoms with Crippen LogP contribution in [0.5, 0.6) is 0 Å². The quantitative estimate of drug-likeness (QED) is 0.787. The summed E-state index contributed by atoms with van der Waals surface area (Å²) in [5, 5.41) is 7.84. The van der Waals surface area contributed by atoms with Crippen LogP contribution in [0.4, 0.5) is 0 Å². The topological polar surface area (TPSA) is 62.7 Å². The lowest BCUT2D eigenvalue weighted by Crippen LogP contribution is -2.35. The minimum Gasteiger partial charge on any atom is -0.314 e. The summed E-state index contributed by atoms with van der Waals surface area (Å²) in [7, 11) is 0. The smallest absolute Gasteiger partial charge is 0.314 e. The van der Waals surface area contributed by atoms with E-state index >= 15 is 0 Å². The third kappa shape index (κ3) is 2.04. The predicted octanol–water partition coefficient (Wildman–Crippen LogP) is 0.591. The summed E-state index contributed by atoms with van der Waals surface area (Å²) >= 11 is 0. The molecule has 1 aromatic heterocycles. The molecule has 1 atom stereocenters. The lowest BCUT2D eigenvalue weighted by molar-refractivity contribution is 0.393. The molecule has 0 spiro atoms. The second-order valence-corrected chi connectivity index (χ2v) is 4.90. The number of hydrogen-bond acceptors (Lipinski definition) is 3. The number of rotatable bonds is 3. The first kappa shape index (κ1) is 10.1. The zero-order valence-corrected chi connectivity index (χ0v) is 9.41. The fourth-order valence-electron chi connectivity index (χ4n) is 2.37. The number of H-pyrrole nitrogens is 1. The van der Waals surface area contributed by atoms with Crippen LogP contribution in [0.25, 0.3) is 0 Å². The Morgan fingerprint density at radius 3 is 2.88 bits per heavy atom. The summed E-state index contributed by atoms with van der Waals surface area (Å²) in [5.41, 5.74) is -0.0340. The van der Waals surface area contributed by atoms with E-state index in [1.54, 1.807) is 4.68 Å². The van der Waals surface area contributed by atoms with Gasteiger partial charge in [0.25, 0.3) is 0 Å². The maximum atomic E-state index is 11.6. The van der Waals surface area contributed by atoms with Crippen LogP contribution in [-0.4, -0.2) is 27.4 Å². The first-order valence-electron chi connectivity index (χ1n) is 6.24. The Hall–Kier alpha value is -1.10. The Labute approximate surface area is 94.2 Å². The molecule has 1 saturated heterocycles. The molecule has 1 aliphatic heterocycles. The zero-order valence-electron chi connectivity index (χ0n) is 9.41. The van der Waals surface area contributed by atoms with E-state index < -0.39 is 0 Å². The second kappa shape index (κ2) is 4.05. The van der Waals surface area contributed by atoms with Crippen LogP contribution in [0.2, 0.25) is 0 Å². The van der Waals surface area contributed by atoms with Crippen LogP contribution in [-0.2, 0) is 6.42 Å². The Balaban J connectivity index is 1.69. The fraction of sp³-hybridized carbons (Fsp3) is 0.818. The molecule has 0 bridgehead atoms. The normalized spacial score (nSPS) is 25.9. The number of piperidine rings is 1. The van der Waals surface area contributed by atoms with Crippen molar-refractivity contribution in [1.82, 2.24) is 20.1 Å². The van der Waals surface area contributed by atoms with E-state index in [2.05, 4.69) is 15.4 Å². The van der Waals surface area contributed by atoms with Crippen molar-refractivity contribution in [3.63, 3.8) is 0 Å². The number of aromatic amines is 1. The van der Waals surface area contributed by atoms with Gasteiger partial charge in [-0.05, 0) is 32.2 Å². The van der Waals surface area contributed by atoms with Crippen molar-refractivity contribution >= 4 is 0 Å². The van der Waals surface area contributed by atoms with Crippen LogP contribution in [0.3, 0.4) is 0 Å². The van der Waals surface area contributed by atoms with E-state index in [-0.39, 0.29) is 5.69 Å². The highest BCUT2D eigenvalue weighted by Gasteiger charge is 2.27. The standard InChI is InChI=1S/C11H18N4O/c16-11-13-10(14-15(11)9-4-5-9)7-8-3-1-2-6-12-8/h8-9,12H,1-7H2,(H,13,14,16). The minimum absolute atomic E-state index is 0.0340. The van der Waals surface area contributed by atoms with Gasteiger partial charge in [0.05, 0.1) is 6.04 Å². The maximum absolute atomic E-state index is 11.6. The molecule has 5 nitrogen and oxygen atoms in total. The van der Waals surface area contributed by atoms with Crippen molar-refractivity contribution in [2.45, 2.75) is 50.6 Å². The van der Waals surface area contributed by atoms with Gasteiger partial charge in [-0.2, -0.15) is 5.10 Å². The Bertz CT molecular complexity index is 412. The lowest BCUT2D eigenvalue weighted by atomic mass is 10.0. The number of nitrogens with zero attached hydrogens (tertiary/aromatic N) is 2. The van der Waals surface area contributed by atoms with Gasteiger partial charge in [-0.1, -0.05) is 6.42 Å². The molecule has 2 aliphatic rings. The first-order valence-corrected chi connectivity index (χ1v) is 6.24. The Kier molecular flexibility index (Phi) is 2.55. The summed E-state index contributed by atoms with van der Waals surface area (Å²) in [6, 6.07) is 0.865. The van der Waals surface area contributed by atoms with E-state index in [4.69, 9.17) is 0 Å². The lowest BCUT2D eigenvalue weighted by Gasteiger charge is -2.22. The van der Waals surface area contributed by atoms with Crippen LogP contribution in [0.1, 0.15) is 44.0 Å². The molecule has 2 N–H and O–H groups in total. The fourth-order valence-corrected chi connectivity index (χ4v) is 2.37. The first-order chi connectivity index (χ1) is 7.83. The molecule has 2 heterocycles. The predicted molar refractivity (Wildman–Crippen MR) is 60.5 cm³/mol. The molecule has 88 valence electrons. The summed E-state index contributed by atoms with van der Waals surface area (Å²) in [5.74, 6) is 0.844. The van der Waals surface area contributed by atoms with Crippen molar-refractivity contribution in [1.29, 1.82) is 0 Å². The van der Waals surface area contributed by atoms with E-state index in [9.17, 15) is 4.79 Å². The van der Waals surface area contributed by atoms with Crippen LogP contribution >= 0.6 is 0 Å². The van der Waals surface area contributed by atoms with Gasteiger partial charge in [-0.3, -0.25) is 4.98 Å². The van der Waals surface area contributed by atoms with Gasteiger partial charge < -0.3 is 5.32 Å². The molecule has 0 radical (unpaired) electrons. The highest BCUT2D eigenvalue weighted by atomic mass is 16.2. The van der Waals surface area contributed by atoms with Gasteiger partial charge in [0, 0.05) is 12.5 Å². The van der Waals surface area contributed by atoms with Crippen molar-refractivity contribution in [2.75, 3.05) is 6.54 Å². The van der Waals surface area contributed by atoms with Crippen molar-refractivity contribution in [3.05, 3.63) is 16.3 Å². The highest BCUT2D eigenvalue weighted by molar-refractivity contribution is 4.92. The van der Waals surface area contributed by atoms with Gasteiger partial charge in [0.1, 0.15) is 5.82 Å². The number of hydrogen-bond donors (Lipinski definition) is 2. The number of aromatic nitrogens is 3. The highest BCUT2D eigenvalue weighted by Crippen LogP contribution is 2.32. The molecule has 16 heavy (non-hydrogen) atoms. The van der Waals surface area contributed by atoms with Gasteiger partial charge in [0.2, 0.25) is 0 Å². The molecular weight excluding hydrogens is 204 g/mol. The molecule has 1 unspecified atom stereocenters. The van der Waals surface area contributed by atoms with Gasteiger partial charge in [-0.15, -0.1) is 0 Å². The van der Waals surface area contributed by atoms with Gasteiger partial charge in [-0.25, -0.2) is 9.48 Å². The zero-order chi connectivity index (χ0) is 11.0. The molecule has 1 aromatic rings. The molecular formula is C11H18N4O.